The fraction of sp³-hybridized carbons (Fsp3) is 0.643. The van der Waals surface area contributed by atoms with Gasteiger partial charge < -0.3 is 14.3 Å². The lowest BCUT2D eigenvalue weighted by molar-refractivity contribution is -0.155. The van der Waals surface area contributed by atoms with Gasteiger partial charge in [-0.15, -0.1) is 0 Å². The predicted octanol–water partition coefficient (Wildman–Crippen LogP) is 5.81. The molecule has 1 aromatic carbocycles. The summed E-state index contributed by atoms with van der Waals surface area (Å²) in [5.74, 6) is 1.61. The fourth-order valence-corrected chi connectivity index (χ4v) is 9.37. The van der Waals surface area contributed by atoms with Crippen molar-refractivity contribution in [2.24, 2.45) is 27.3 Å². The molecule has 190 valence electrons. The van der Waals surface area contributed by atoms with Crippen LogP contribution in [0, 0.1) is 22.2 Å². The van der Waals surface area contributed by atoms with Crippen LogP contribution in [0.2, 0.25) is 0 Å². The number of hydrogen-bond donors (Lipinski definition) is 0. The summed E-state index contributed by atoms with van der Waals surface area (Å²) in [6.07, 6.45) is 4.71. The molecule has 5 unspecified atom stereocenters. The Morgan fingerprint density at radius 2 is 1.69 bits per heavy atom. The Labute approximate surface area is 219 Å². The first-order valence-electron chi connectivity index (χ1n) is 13.0. The molecule has 3 saturated carbocycles. The van der Waals surface area contributed by atoms with Crippen molar-refractivity contribution < 1.29 is 19.1 Å². The van der Waals surface area contributed by atoms with Crippen molar-refractivity contribution in [1.82, 2.24) is 9.97 Å². The Balaban J connectivity index is 1.31. The van der Waals surface area contributed by atoms with E-state index in [0.29, 0.717) is 29.4 Å². The SMILES string of the molecule is CC12CCC(CC1=NOC(=O)C13CCC(C)(c4nc5cc6c(cc5nc41)OCO6)C3(C)C)C2(C)CBr. The summed E-state index contributed by atoms with van der Waals surface area (Å²) < 4.78 is 11.1. The van der Waals surface area contributed by atoms with E-state index in [4.69, 9.17) is 24.3 Å². The second-order valence-corrected chi connectivity index (χ2v) is 13.3. The minimum absolute atomic E-state index is 0.0507. The molecule has 5 atom stereocenters. The van der Waals surface area contributed by atoms with Crippen LogP contribution in [0.4, 0.5) is 0 Å². The Bertz CT molecular complexity index is 1390. The molecule has 3 fully saturated rings. The number of hydrogen-bond acceptors (Lipinski definition) is 7. The van der Waals surface area contributed by atoms with Gasteiger partial charge in [-0.1, -0.05) is 55.7 Å². The summed E-state index contributed by atoms with van der Waals surface area (Å²) in [7, 11) is 0. The zero-order chi connectivity index (χ0) is 25.3. The van der Waals surface area contributed by atoms with Gasteiger partial charge in [0.2, 0.25) is 6.79 Å². The number of ether oxygens (including phenoxy) is 2. The molecule has 2 aromatic rings. The Kier molecular flexibility index (Phi) is 4.33. The molecular formula is C28H32BrN3O4. The molecule has 1 aromatic heterocycles. The molecule has 4 aliphatic carbocycles. The summed E-state index contributed by atoms with van der Waals surface area (Å²) in [5, 5.41) is 5.54. The largest absolute Gasteiger partial charge is 0.454 e. The lowest BCUT2D eigenvalue weighted by Gasteiger charge is -2.38. The van der Waals surface area contributed by atoms with E-state index in [1.54, 1.807) is 0 Å². The van der Waals surface area contributed by atoms with Gasteiger partial charge in [0.15, 0.2) is 11.5 Å². The van der Waals surface area contributed by atoms with Crippen LogP contribution < -0.4 is 9.47 Å². The van der Waals surface area contributed by atoms with Crippen LogP contribution in [0.15, 0.2) is 17.3 Å². The number of halogens is 1. The third-order valence-corrected chi connectivity index (χ3v) is 12.8. The maximum absolute atomic E-state index is 14.1. The maximum Gasteiger partial charge on any atom is 0.347 e. The van der Waals surface area contributed by atoms with Gasteiger partial charge in [0.1, 0.15) is 5.41 Å². The summed E-state index contributed by atoms with van der Waals surface area (Å²) in [4.78, 5) is 30.2. The van der Waals surface area contributed by atoms with E-state index >= 15 is 0 Å². The number of alkyl halides is 1. The van der Waals surface area contributed by atoms with E-state index < -0.39 is 10.8 Å². The first-order chi connectivity index (χ1) is 17.0. The van der Waals surface area contributed by atoms with Gasteiger partial charge in [0.25, 0.3) is 0 Å². The fourth-order valence-electron chi connectivity index (χ4n) is 8.29. The van der Waals surface area contributed by atoms with Gasteiger partial charge in [-0.05, 0) is 48.9 Å². The minimum Gasteiger partial charge on any atom is -0.454 e. The van der Waals surface area contributed by atoms with Crippen LogP contribution in [0.25, 0.3) is 11.0 Å². The number of aromatic nitrogens is 2. The zero-order valence-corrected chi connectivity index (χ0v) is 23.1. The average molecular weight is 554 g/mol. The molecule has 36 heavy (non-hydrogen) atoms. The maximum atomic E-state index is 14.1. The molecule has 0 spiro atoms. The van der Waals surface area contributed by atoms with Crippen molar-refractivity contribution in [2.45, 2.75) is 77.6 Å². The summed E-state index contributed by atoms with van der Waals surface area (Å²) in [5.41, 5.74) is 2.61. The normalized spacial score (nSPS) is 39.8. The van der Waals surface area contributed by atoms with Crippen molar-refractivity contribution in [3.63, 3.8) is 0 Å². The summed E-state index contributed by atoms with van der Waals surface area (Å²) in [6, 6.07) is 3.75. The highest BCUT2D eigenvalue weighted by Crippen LogP contribution is 2.71. The molecule has 7 rings (SSSR count). The minimum atomic E-state index is -0.893. The number of carbonyl (C=O) groups excluding carboxylic acids is 1. The first kappa shape index (κ1) is 22.9. The second-order valence-electron chi connectivity index (χ2n) is 12.7. The topological polar surface area (TPSA) is 82.9 Å². The van der Waals surface area contributed by atoms with E-state index in [1.807, 2.05) is 12.1 Å². The Morgan fingerprint density at radius 1 is 1.03 bits per heavy atom. The molecule has 7 nitrogen and oxygen atoms in total. The van der Waals surface area contributed by atoms with Crippen LogP contribution in [-0.2, 0) is 20.5 Å². The molecule has 2 heterocycles. The number of carbonyl (C=O) groups is 1. The Morgan fingerprint density at radius 3 is 2.33 bits per heavy atom. The third-order valence-electron chi connectivity index (χ3n) is 11.6. The standard InChI is InChI=1S/C28H32BrN3O4/c1-24(2)26(4)8-9-28(24,22-21(26)30-16-11-18-19(35-14-34-18)12-17(16)31-22)23(33)36-32-20-10-15-6-7-25(20,3)27(15,5)13-29/h11-12,15H,6-10,13-14H2,1-5H3. The number of benzene rings is 1. The molecule has 0 N–H and O–H groups in total. The van der Waals surface area contributed by atoms with Crippen LogP contribution in [0.5, 0.6) is 11.5 Å². The number of rotatable bonds is 3. The molecule has 0 radical (unpaired) electrons. The quantitative estimate of drug-likeness (QED) is 0.271. The van der Waals surface area contributed by atoms with Crippen molar-refractivity contribution >= 4 is 38.6 Å². The van der Waals surface area contributed by atoms with Gasteiger partial charge in [0, 0.05) is 28.3 Å². The van der Waals surface area contributed by atoms with Gasteiger partial charge in [-0.3, -0.25) is 0 Å². The van der Waals surface area contributed by atoms with Crippen molar-refractivity contribution in [3.05, 3.63) is 23.5 Å². The molecule has 5 aliphatic rings. The van der Waals surface area contributed by atoms with E-state index in [9.17, 15) is 4.79 Å². The van der Waals surface area contributed by atoms with Crippen molar-refractivity contribution in [1.29, 1.82) is 0 Å². The molecule has 8 heteroatoms. The van der Waals surface area contributed by atoms with E-state index in [-0.39, 0.29) is 29.0 Å². The highest BCUT2D eigenvalue weighted by Gasteiger charge is 2.74. The van der Waals surface area contributed by atoms with Crippen LogP contribution in [0.1, 0.15) is 78.1 Å². The molecule has 0 amide bonds. The highest BCUT2D eigenvalue weighted by atomic mass is 79.9. The highest BCUT2D eigenvalue weighted by molar-refractivity contribution is 9.09. The van der Waals surface area contributed by atoms with Crippen molar-refractivity contribution in [2.75, 3.05) is 12.1 Å². The van der Waals surface area contributed by atoms with Crippen LogP contribution >= 0.6 is 15.9 Å². The monoisotopic (exact) mass is 553 g/mol. The van der Waals surface area contributed by atoms with Gasteiger partial charge in [-0.2, -0.15) is 0 Å². The predicted molar refractivity (Wildman–Crippen MR) is 139 cm³/mol. The van der Waals surface area contributed by atoms with Gasteiger partial charge in [0.05, 0.1) is 28.1 Å². The lowest BCUT2D eigenvalue weighted by Crippen LogP contribution is -2.46. The van der Waals surface area contributed by atoms with Gasteiger partial charge >= 0.3 is 5.97 Å². The van der Waals surface area contributed by atoms with Crippen LogP contribution in [0.3, 0.4) is 0 Å². The second kappa shape index (κ2) is 6.80. The number of fused-ring (bicyclic) bond motifs is 9. The van der Waals surface area contributed by atoms with E-state index in [1.165, 1.54) is 6.42 Å². The first-order valence-corrected chi connectivity index (χ1v) is 14.1. The summed E-state index contributed by atoms with van der Waals surface area (Å²) >= 11 is 3.76. The molecule has 4 bridgehead atoms. The van der Waals surface area contributed by atoms with E-state index in [0.717, 1.165) is 47.2 Å². The molecule has 1 aliphatic heterocycles. The smallest absolute Gasteiger partial charge is 0.347 e. The lowest BCUT2D eigenvalue weighted by atomic mass is 9.64. The molecule has 0 saturated heterocycles. The third kappa shape index (κ3) is 2.33. The summed E-state index contributed by atoms with van der Waals surface area (Å²) in [6.45, 7) is 11.4. The van der Waals surface area contributed by atoms with Crippen molar-refractivity contribution in [3.8, 4) is 11.5 Å². The number of oxime groups is 1. The van der Waals surface area contributed by atoms with Gasteiger partial charge in [-0.25, -0.2) is 14.8 Å². The number of nitrogens with zero attached hydrogens (tertiary/aromatic N) is 3. The van der Waals surface area contributed by atoms with E-state index in [2.05, 4.69) is 55.7 Å². The molecular weight excluding hydrogens is 522 g/mol. The zero-order valence-electron chi connectivity index (χ0n) is 21.5. The van der Waals surface area contributed by atoms with Crippen LogP contribution in [-0.4, -0.2) is 33.8 Å². The average Bonchev–Trinajstić information content (AvgIpc) is 3.55. The Hall–Kier alpha value is -2.22.